The molecule has 3 saturated heterocycles. The van der Waals surface area contributed by atoms with Crippen molar-refractivity contribution in [3.63, 3.8) is 0 Å². The summed E-state index contributed by atoms with van der Waals surface area (Å²) >= 11 is 0. The van der Waals surface area contributed by atoms with Crippen molar-refractivity contribution in [3.8, 4) is 0 Å². The minimum atomic E-state index is -4.35. The molecule has 5 nitrogen and oxygen atoms in total. The number of aliphatic imine (C=N–C) groups is 1. The van der Waals surface area contributed by atoms with Gasteiger partial charge in [-0.25, -0.2) is 0 Å². The molecule has 160 valence electrons. The molecule has 0 spiro atoms. The summed E-state index contributed by atoms with van der Waals surface area (Å²) in [5.41, 5.74) is -0.341. The van der Waals surface area contributed by atoms with E-state index in [1.165, 1.54) is 12.1 Å². The Kier molecular flexibility index (Phi) is 5.75. The van der Waals surface area contributed by atoms with Gasteiger partial charge in [-0.2, -0.15) is 13.2 Å². The lowest BCUT2D eigenvalue weighted by Crippen LogP contribution is -2.52. The molecule has 3 aliphatic rings. The maximum absolute atomic E-state index is 13.2. The molecule has 0 saturated carbocycles. The summed E-state index contributed by atoms with van der Waals surface area (Å²) in [6.45, 7) is 1.56. The Morgan fingerprint density at radius 2 is 2.03 bits per heavy atom. The molecule has 1 aromatic carbocycles. The van der Waals surface area contributed by atoms with Crippen LogP contribution in [0.5, 0.6) is 0 Å². The zero-order chi connectivity index (χ0) is 20.5. The van der Waals surface area contributed by atoms with E-state index in [1.807, 2.05) is 0 Å². The zero-order valence-corrected chi connectivity index (χ0v) is 16.6. The van der Waals surface area contributed by atoms with Crippen LogP contribution in [-0.4, -0.2) is 51.0 Å². The average molecular weight is 411 g/mol. The highest BCUT2D eigenvalue weighted by molar-refractivity contribution is 5.80. The van der Waals surface area contributed by atoms with E-state index < -0.39 is 17.2 Å². The summed E-state index contributed by atoms with van der Waals surface area (Å²) in [5.74, 6) is 0.670. The highest BCUT2D eigenvalue weighted by Gasteiger charge is 2.42. The van der Waals surface area contributed by atoms with Gasteiger partial charge in [-0.05, 0) is 43.7 Å². The summed E-state index contributed by atoms with van der Waals surface area (Å²) in [6, 6.07) is 5.93. The van der Waals surface area contributed by atoms with Crippen LogP contribution in [0.1, 0.15) is 43.2 Å². The number of fused-ring (bicyclic) bond motifs is 2. The highest BCUT2D eigenvalue weighted by Crippen LogP contribution is 2.38. The van der Waals surface area contributed by atoms with Gasteiger partial charge in [0.2, 0.25) is 0 Å². The molecular weight excluding hydrogens is 383 g/mol. The van der Waals surface area contributed by atoms with Crippen LogP contribution in [0.3, 0.4) is 0 Å². The van der Waals surface area contributed by atoms with Crippen LogP contribution in [0.15, 0.2) is 29.3 Å². The van der Waals surface area contributed by atoms with E-state index in [1.54, 1.807) is 13.1 Å². The van der Waals surface area contributed by atoms with Crippen molar-refractivity contribution in [2.75, 3.05) is 26.8 Å². The minimum absolute atomic E-state index is 0.221. The first-order valence-electron chi connectivity index (χ1n) is 10.3. The number of rotatable bonds is 4. The topological polar surface area (TPSA) is 54.9 Å². The molecule has 3 fully saturated rings. The summed E-state index contributed by atoms with van der Waals surface area (Å²) in [7, 11) is 1.71. The van der Waals surface area contributed by atoms with Crippen LogP contribution < -0.4 is 10.6 Å². The van der Waals surface area contributed by atoms with Gasteiger partial charge in [-0.1, -0.05) is 18.2 Å². The standard InChI is InChI=1S/C21H28F3N3O2/c1-25-19(27-17-12-16-5-6-18(17)29-16)26-13-20(7-9-28-10-8-20)14-3-2-4-15(11-14)21(22,23)24/h2-4,11,16-18H,5-10,12-13H2,1H3,(H2,25,26,27). The predicted molar refractivity (Wildman–Crippen MR) is 104 cm³/mol. The van der Waals surface area contributed by atoms with Crippen LogP contribution in [0.2, 0.25) is 0 Å². The molecule has 0 amide bonds. The second kappa shape index (κ2) is 8.14. The van der Waals surface area contributed by atoms with Gasteiger partial charge in [-0.15, -0.1) is 0 Å². The smallest absolute Gasteiger partial charge is 0.381 e. The fourth-order valence-electron chi connectivity index (χ4n) is 4.77. The van der Waals surface area contributed by atoms with E-state index in [-0.39, 0.29) is 12.1 Å². The molecule has 3 unspecified atom stereocenters. The van der Waals surface area contributed by atoms with Crippen molar-refractivity contribution < 1.29 is 22.6 Å². The van der Waals surface area contributed by atoms with Crippen LogP contribution in [-0.2, 0) is 21.1 Å². The van der Waals surface area contributed by atoms with E-state index >= 15 is 0 Å². The van der Waals surface area contributed by atoms with Crippen LogP contribution in [0.4, 0.5) is 13.2 Å². The van der Waals surface area contributed by atoms with Crippen LogP contribution in [0.25, 0.3) is 0 Å². The highest BCUT2D eigenvalue weighted by atomic mass is 19.4. The number of nitrogens with one attached hydrogen (secondary N) is 2. The largest absolute Gasteiger partial charge is 0.416 e. The van der Waals surface area contributed by atoms with E-state index in [4.69, 9.17) is 9.47 Å². The molecule has 4 rings (SSSR count). The third-order valence-corrected chi connectivity index (χ3v) is 6.50. The average Bonchev–Trinajstić information content (AvgIpc) is 3.34. The second-order valence-electron chi connectivity index (χ2n) is 8.26. The van der Waals surface area contributed by atoms with Crippen LogP contribution in [0, 0.1) is 0 Å². The maximum atomic E-state index is 13.2. The molecule has 2 N–H and O–H groups in total. The van der Waals surface area contributed by atoms with Crippen molar-refractivity contribution >= 4 is 5.96 Å². The first-order valence-corrected chi connectivity index (χ1v) is 10.3. The van der Waals surface area contributed by atoms with Crippen molar-refractivity contribution in [2.45, 2.75) is 61.9 Å². The Hall–Kier alpha value is -1.80. The second-order valence-corrected chi connectivity index (χ2v) is 8.26. The fraction of sp³-hybridized carbons (Fsp3) is 0.667. The molecule has 3 atom stereocenters. The van der Waals surface area contributed by atoms with Crippen molar-refractivity contribution in [1.82, 2.24) is 10.6 Å². The minimum Gasteiger partial charge on any atom is -0.381 e. The van der Waals surface area contributed by atoms with Gasteiger partial charge in [0.05, 0.1) is 23.8 Å². The number of hydrogen-bond donors (Lipinski definition) is 2. The zero-order valence-electron chi connectivity index (χ0n) is 16.6. The SMILES string of the molecule is CN=C(NCC1(c2cccc(C(F)(F)F)c2)CCOCC1)NC1CC2CCC1O2. The molecule has 0 radical (unpaired) electrons. The van der Waals surface area contributed by atoms with Gasteiger partial charge < -0.3 is 20.1 Å². The first-order chi connectivity index (χ1) is 13.9. The summed E-state index contributed by atoms with van der Waals surface area (Å²) in [4.78, 5) is 4.33. The quantitative estimate of drug-likeness (QED) is 0.590. The van der Waals surface area contributed by atoms with E-state index in [0.29, 0.717) is 50.2 Å². The van der Waals surface area contributed by atoms with Crippen LogP contribution >= 0.6 is 0 Å². The van der Waals surface area contributed by atoms with E-state index in [2.05, 4.69) is 15.6 Å². The Bertz CT molecular complexity index is 747. The van der Waals surface area contributed by atoms with Gasteiger partial charge in [-0.3, -0.25) is 4.99 Å². The molecule has 8 heteroatoms. The van der Waals surface area contributed by atoms with E-state index in [9.17, 15) is 13.2 Å². The first kappa shape index (κ1) is 20.5. The summed E-state index contributed by atoms with van der Waals surface area (Å²) in [5, 5.41) is 6.81. The molecule has 0 aliphatic carbocycles. The fourth-order valence-corrected chi connectivity index (χ4v) is 4.77. The third kappa shape index (κ3) is 4.38. The van der Waals surface area contributed by atoms with Crippen molar-refractivity contribution in [2.24, 2.45) is 4.99 Å². The molecule has 29 heavy (non-hydrogen) atoms. The Morgan fingerprint density at radius 1 is 1.24 bits per heavy atom. The Balaban J connectivity index is 1.48. The molecule has 3 heterocycles. The molecule has 0 aromatic heterocycles. The molecule has 2 bridgehead atoms. The van der Waals surface area contributed by atoms with E-state index in [0.717, 1.165) is 25.3 Å². The number of ether oxygens (including phenoxy) is 2. The number of hydrogen-bond acceptors (Lipinski definition) is 3. The molecular formula is C21H28F3N3O2. The van der Waals surface area contributed by atoms with Crippen molar-refractivity contribution in [3.05, 3.63) is 35.4 Å². The van der Waals surface area contributed by atoms with Gasteiger partial charge in [0.15, 0.2) is 5.96 Å². The Labute approximate surface area is 169 Å². The van der Waals surface area contributed by atoms with Gasteiger partial charge >= 0.3 is 6.18 Å². The van der Waals surface area contributed by atoms with Crippen molar-refractivity contribution in [1.29, 1.82) is 0 Å². The summed E-state index contributed by atoms with van der Waals surface area (Å²) < 4.78 is 51.1. The number of guanidine groups is 1. The predicted octanol–water partition coefficient (Wildman–Crippen LogP) is 3.24. The maximum Gasteiger partial charge on any atom is 0.416 e. The monoisotopic (exact) mass is 411 g/mol. The summed E-state index contributed by atoms with van der Waals surface area (Å²) in [6.07, 6.45) is 0.679. The molecule has 1 aromatic rings. The Morgan fingerprint density at radius 3 is 2.66 bits per heavy atom. The van der Waals surface area contributed by atoms with Gasteiger partial charge in [0.25, 0.3) is 0 Å². The third-order valence-electron chi connectivity index (χ3n) is 6.50. The molecule has 3 aliphatic heterocycles. The number of nitrogens with zero attached hydrogens (tertiary/aromatic N) is 1. The normalized spacial score (nSPS) is 29.1. The lowest BCUT2D eigenvalue weighted by atomic mass is 9.73. The van der Waals surface area contributed by atoms with Gasteiger partial charge in [0.1, 0.15) is 0 Å². The lowest BCUT2D eigenvalue weighted by Gasteiger charge is -2.39. The number of halogens is 3. The van der Waals surface area contributed by atoms with Gasteiger partial charge in [0, 0.05) is 32.2 Å². The lowest BCUT2D eigenvalue weighted by molar-refractivity contribution is -0.137. The number of alkyl halides is 3. The number of benzene rings is 1.